The van der Waals surface area contributed by atoms with E-state index in [1.165, 1.54) is 0 Å². The molecule has 0 amide bonds. The van der Waals surface area contributed by atoms with Crippen molar-refractivity contribution in [3.8, 4) is 11.4 Å². The van der Waals surface area contributed by atoms with E-state index in [1.807, 2.05) is 24.3 Å². The molecule has 2 rings (SSSR count). The van der Waals surface area contributed by atoms with Gasteiger partial charge in [-0.25, -0.2) is 0 Å². The second kappa shape index (κ2) is 3.43. The molecule has 0 aliphatic carbocycles. The van der Waals surface area contributed by atoms with Crippen molar-refractivity contribution in [2.75, 3.05) is 0 Å². The number of tetrazole rings is 1. The number of halogens is 2. The third-order valence-corrected chi connectivity index (χ3v) is 2.47. The van der Waals surface area contributed by atoms with E-state index >= 15 is 0 Å². The molecule has 0 fully saturated rings. The highest BCUT2D eigenvalue weighted by Crippen LogP contribution is 2.25. The summed E-state index contributed by atoms with van der Waals surface area (Å²) in [5.74, 6) is 0.522. The van der Waals surface area contributed by atoms with E-state index in [0.717, 1.165) is 14.2 Å². The fourth-order valence-corrected chi connectivity index (χ4v) is 1.59. The smallest absolute Gasteiger partial charge is 0.131 e. The van der Waals surface area contributed by atoms with Gasteiger partial charge in [0.1, 0.15) is 0 Å². The Balaban J connectivity index is 2.59. The van der Waals surface area contributed by atoms with Gasteiger partial charge in [0, 0.05) is 21.8 Å². The molecule has 1 aromatic carbocycles. The van der Waals surface area contributed by atoms with Crippen LogP contribution in [0.3, 0.4) is 0 Å². The first-order valence-electron chi connectivity index (χ1n) is 3.48. The molecule has 0 unspecified atom stereocenters. The Kier molecular flexibility index (Phi) is 2.28. The maximum Gasteiger partial charge on any atom is 0.200 e. The lowest BCUT2D eigenvalue weighted by Crippen LogP contribution is -1.89. The molecule has 0 spiro atoms. The number of hydrogen-bond donors (Lipinski definition) is 0. The molecule has 0 radical (unpaired) electrons. The summed E-state index contributed by atoms with van der Waals surface area (Å²) in [6, 6.07) is 7.59. The molecule has 0 atom stereocenters. The van der Waals surface area contributed by atoms with Gasteiger partial charge in [-0.3, -0.25) is 0 Å². The van der Waals surface area contributed by atoms with Gasteiger partial charge in [-0.15, -0.1) is 9.30 Å². The monoisotopic (exact) mass is 258 g/mol. The summed E-state index contributed by atoms with van der Waals surface area (Å²) >= 11 is 9.09. The normalized spacial score (nSPS) is 10.3. The SMILES string of the molecule is Cln1nnnc1-c1ccccc1Br. The summed E-state index contributed by atoms with van der Waals surface area (Å²) in [5, 5.41) is 10.8. The topological polar surface area (TPSA) is 43.6 Å². The van der Waals surface area contributed by atoms with Crippen LogP contribution in [0.2, 0.25) is 0 Å². The summed E-state index contributed by atoms with van der Waals surface area (Å²) in [5.41, 5.74) is 0.863. The molecule has 1 aromatic heterocycles. The maximum atomic E-state index is 5.71. The molecule has 2 aromatic rings. The van der Waals surface area contributed by atoms with Crippen LogP contribution in [0, 0.1) is 0 Å². The fraction of sp³-hybridized carbons (Fsp3) is 0. The van der Waals surface area contributed by atoms with Gasteiger partial charge in [0.05, 0.1) is 0 Å². The molecule has 4 nitrogen and oxygen atoms in total. The van der Waals surface area contributed by atoms with Crippen molar-refractivity contribution in [3.63, 3.8) is 0 Å². The third kappa shape index (κ3) is 1.57. The minimum Gasteiger partial charge on any atom is -0.131 e. The molecule has 13 heavy (non-hydrogen) atoms. The van der Waals surface area contributed by atoms with Crippen LogP contribution in [0.4, 0.5) is 0 Å². The summed E-state index contributed by atoms with van der Waals surface area (Å²) < 4.78 is 2.02. The molecular weight excluding hydrogens is 255 g/mol. The van der Waals surface area contributed by atoms with Gasteiger partial charge < -0.3 is 0 Å². The molecule has 0 aliphatic heterocycles. The van der Waals surface area contributed by atoms with Crippen LogP contribution < -0.4 is 0 Å². The maximum absolute atomic E-state index is 5.71. The van der Waals surface area contributed by atoms with Crippen LogP contribution in [0.5, 0.6) is 0 Å². The van der Waals surface area contributed by atoms with Crippen LogP contribution in [-0.4, -0.2) is 19.7 Å². The molecule has 0 saturated carbocycles. The largest absolute Gasteiger partial charge is 0.200 e. The lowest BCUT2D eigenvalue weighted by molar-refractivity contribution is 0.846. The van der Waals surface area contributed by atoms with E-state index in [9.17, 15) is 0 Å². The number of rotatable bonds is 1. The van der Waals surface area contributed by atoms with Gasteiger partial charge in [-0.05, 0) is 22.6 Å². The molecule has 0 aliphatic rings. The number of nitrogens with zero attached hydrogens (tertiary/aromatic N) is 4. The van der Waals surface area contributed by atoms with E-state index in [4.69, 9.17) is 11.8 Å². The molecule has 1 heterocycles. The van der Waals surface area contributed by atoms with Crippen LogP contribution in [-0.2, 0) is 0 Å². The van der Waals surface area contributed by atoms with Gasteiger partial charge in [0.15, 0.2) is 0 Å². The van der Waals surface area contributed by atoms with Crippen molar-refractivity contribution in [1.82, 2.24) is 19.7 Å². The highest BCUT2D eigenvalue weighted by Gasteiger charge is 2.09. The average Bonchev–Trinajstić information content (AvgIpc) is 2.52. The van der Waals surface area contributed by atoms with Crippen molar-refractivity contribution < 1.29 is 0 Å². The molecule has 0 N–H and O–H groups in total. The standard InChI is InChI=1S/C7H4BrClN4/c8-6-4-2-1-3-5(6)7-10-11-12-13(7)9/h1-4H. The van der Waals surface area contributed by atoms with Crippen LogP contribution in [0.15, 0.2) is 28.7 Å². The van der Waals surface area contributed by atoms with Crippen molar-refractivity contribution in [2.45, 2.75) is 0 Å². The Morgan fingerprint density at radius 2 is 2.08 bits per heavy atom. The lowest BCUT2D eigenvalue weighted by atomic mass is 10.2. The minimum absolute atomic E-state index is 0.522. The molecule has 0 saturated heterocycles. The predicted octanol–water partition coefficient (Wildman–Crippen LogP) is 2.10. The predicted molar refractivity (Wildman–Crippen MR) is 52.2 cm³/mol. The lowest BCUT2D eigenvalue weighted by Gasteiger charge is -1.98. The summed E-state index contributed by atoms with van der Waals surface area (Å²) in [6.45, 7) is 0. The first kappa shape index (κ1) is 8.65. The Hall–Kier alpha value is -0.940. The van der Waals surface area contributed by atoms with Gasteiger partial charge in [-0.1, -0.05) is 28.1 Å². The summed E-state index contributed by atoms with van der Waals surface area (Å²) in [7, 11) is 0. The van der Waals surface area contributed by atoms with Crippen molar-refractivity contribution in [1.29, 1.82) is 0 Å². The van der Waals surface area contributed by atoms with Crippen LogP contribution in [0.25, 0.3) is 11.4 Å². The quantitative estimate of drug-likeness (QED) is 0.788. The van der Waals surface area contributed by atoms with Gasteiger partial charge >= 0.3 is 0 Å². The average molecular weight is 259 g/mol. The van der Waals surface area contributed by atoms with E-state index < -0.39 is 0 Å². The molecule has 6 heteroatoms. The zero-order valence-electron chi connectivity index (χ0n) is 6.35. The fourth-order valence-electron chi connectivity index (χ4n) is 0.973. The Morgan fingerprint density at radius 1 is 1.31 bits per heavy atom. The first-order chi connectivity index (χ1) is 6.29. The van der Waals surface area contributed by atoms with E-state index in [2.05, 4.69) is 31.5 Å². The van der Waals surface area contributed by atoms with E-state index in [0.29, 0.717) is 5.82 Å². The summed E-state index contributed by atoms with van der Waals surface area (Å²) in [6.07, 6.45) is 0. The highest BCUT2D eigenvalue weighted by atomic mass is 79.9. The van der Waals surface area contributed by atoms with Crippen LogP contribution >= 0.6 is 27.7 Å². The summed E-state index contributed by atoms with van der Waals surface area (Å²) in [4.78, 5) is 0. The zero-order chi connectivity index (χ0) is 9.26. The van der Waals surface area contributed by atoms with Gasteiger partial charge in [0.25, 0.3) is 0 Å². The second-order valence-corrected chi connectivity index (χ2v) is 3.52. The van der Waals surface area contributed by atoms with E-state index in [-0.39, 0.29) is 0 Å². The van der Waals surface area contributed by atoms with Crippen LogP contribution in [0.1, 0.15) is 0 Å². The van der Waals surface area contributed by atoms with Crippen molar-refractivity contribution >= 4 is 27.7 Å². The Bertz CT molecular complexity index is 428. The second-order valence-electron chi connectivity index (χ2n) is 2.34. The molecule has 66 valence electrons. The molecular formula is C7H4BrClN4. The Labute approximate surface area is 87.8 Å². The zero-order valence-corrected chi connectivity index (χ0v) is 8.70. The minimum atomic E-state index is 0.522. The Morgan fingerprint density at radius 3 is 2.69 bits per heavy atom. The van der Waals surface area contributed by atoms with Gasteiger partial charge in [-0.2, -0.15) is 0 Å². The molecule has 0 bridgehead atoms. The van der Waals surface area contributed by atoms with Crippen molar-refractivity contribution in [2.24, 2.45) is 0 Å². The highest BCUT2D eigenvalue weighted by molar-refractivity contribution is 9.10. The van der Waals surface area contributed by atoms with E-state index in [1.54, 1.807) is 0 Å². The number of hydrogen-bond acceptors (Lipinski definition) is 3. The third-order valence-electron chi connectivity index (χ3n) is 1.55. The van der Waals surface area contributed by atoms with Gasteiger partial charge in [0.2, 0.25) is 5.82 Å². The number of aromatic nitrogens is 4. The van der Waals surface area contributed by atoms with Crippen molar-refractivity contribution in [3.05, 3.63) is 28.7 Å². The first-order valence-corrected chi connectivity index (χ1v) is 4.61. The number of benzene rings is 1.